The average Bonchev–Trinajstić information content (AvgIpc) is 2.97. The Morgan fingerprint density at radius 3 is 2.81 bits per heavy atom. The molecule has 3 nitrogen and oxygen atoms in total. The first-order chi connectivity index (χ1) is 10.2. The van der Waals surface area contributed by atoms with E-state index in [1.807, 2.05) is 5.38 Å². The highest BCUT2D eigenvalue weighted by Gasteiger charge is 2.19. The predicted octanol–water partition coefficient (Wildman–Crippen LogP) is 4.24. The summed E-state index contributed by atoms with van der Waals surface area (Å²) >= 11 is 1.39. The minimum atomic E-state index is -0.271. The molecular formula is C16H15FN2OS. The summed E-state index contributed by atoms with van der Waals surface area (Å²) < 4.78 is 12.9. The largest absolute Gasteiger partial charge is 0.302 e. The van der Waals surface area contributed by atoms with Crippen LogP contribution in [-0.2, 0) is 4.79 Å². The molecule has 0 saturated carbocycles. The van der Waals surface area contributed by atoms with Gasteiger partial charge in [-0.3, -0.25) is 4.79 Å². The summed E-state index contributed by atoms with van der Waals surface area (Å²) in [6, 6.07) is 6.17. The summed E-state index contributed by atoms with van der Waals surface area (Å²) in [7, 11) is 0. The van der Waals surface area contributed by atoms with Crippen molar-refractivity contribution in [2.24, 2.45) is 5.92 Å². The van der Waals surface area contributed by atoms with E-state index in [1.54, 1.807) is 12.1 Å². The Morgan fingerprint density at radius 2 is 2.10 bits per heavy atom. The Hall–Kier alpha value is -2.01. The van der Waals surface area contributed by atoms with Crippen molar-refractivity contribution >= 4 is 22.4 Å². The summed E-state index contributed by atoms with van der Waals surface area (Å²) in [4.78, 5) is 16.5. The van der Waals surface area contributed by atoms with Crippen LogP contribution in [0.5, 0.6) is 0 Å². The molecule has 3 rings (SSSR count). The second kappa shape index (κ2) is 6.18. The molecule has 1 N–H and O–H groups in total. The molecule has 1 aliphatic rings. The normalized spacial score (nSPS) is 17.7. The van der Waals surface area contributed by atoms with Gasteiger partial charge >= 0.3 is 0 Å². The van der Waals surface area contributed by atoms with Crippen LogP contribution < -0.4 is 5.32 Å². The number of rotatable bonds is 3. The third-order valence-corrected chi connectivity index (χ3v) is 4.27. The zero-order valence-electron chi connectivity index (χ0n) is 11.4. The molecule has 1 heterocycles. The van der Waals surface area contributed by atoms with E-state index in [1.165, 1.54) is 23.5 Å². The molecule has 5 heteroatoms. The Kier molecular flexibility index (Phi) is 4.10. The predicted molar refractivity (Wildman–Crippen MR) is 82.6 cm³/mol. The molecule has 0 spiro atoms. The van der Waals surface area contributed by atoms with Crippen LogP contribution in [0.25, 0.3) is 11.3 Å². The molecule has 0 bridgehead atoms. The van der Waals surface area contributed by atoms with E-state index in [2.05, 4.69) is 22.5 Å². The van der Waals surface area contributed by atoms with E-state index in [0.29, 0.717) is 5.13 Å². The van der Waals surface area contributed by atoms with Gasteiger partial charge in [-0.1, -0.05) is 12.2 Å². The van der Waals surface area contributed by atoms with E-state index < -0.39 is 0 Å². The van der Waals surface area contributed by atoms with Crippen LogP contribution in [0.15, 0.2) is 41.8 Å². The molecule has 2 aromatic rings. The van der Waals surface area contributed by atoms with Crippen LogP contribution in [-0.4, -0.2) is 10.9 Å². The number of allylic oxidation sites excluding steroid dienone is 2. The fraction of sp³-hybridized carbons (Fsp3) is 0.250. The highest BCUT2D eigenvalue weighted by molar-refractivity contribution is 7.14. The molecule has 1 atom stereocenters. The second-order valence-corrected chi connectivity index (χ2v) is 5.87. The van der Waals surface area contributed by atoms with Gasteiger partial charge in [0.15, 0.2) is 5.13 Å². The van der Waals surface area contributed by atoms with Crippen molar-refractivity contribution in [3.8, 4) is 11.3 Å². The number of anilines is 1. The van der Waals surface area contributed by atoms with Crippen molar-refractivity contribution in [1.29, 1.82) is 0 Å². The summed E-state index contributed by atoms with van der Waals surface area (Å²) in [5.74, 6) is -0.208. The third kappa shape index (κ3) is 3.36. The highest BCUT2D eigenvalue weighted by Crippen LogP contribution is 2.26. The van der Waals surface area contributed by atoms with E-state index >= 15 is 0 Å². The lowest BCUT2D eigenvalue weighted by Crippen LogP contribution is -2.23. The van der Waals surface area contributed by atoms with Gasteiger partial charge in [0.05, 0.1) is 5.69 Å². The number of carbonyl (C=O) groups is 1. The lowest BCUT2D eigenvalue weighted by Gasteiger charge is -2.15. The first-order valence-electron chi connectivity index (χ1n) is 6.90. The van der Waals surface area contributed by atoms with Gasteiger partial charge in [0, 0.05) is 16.9 Å². The number of benzene rings is 1. The molecule has 21 heavy (non-hydrogen) atoms. The molecule has 1 unspecified atom stereocenters. The fourth-order valence-electron chi connectivity index (χ4n) is 2.32. The Labute approximate surface area is 126 Å². The monoisotopic (exact) mass is 302 g/mol. The first-order valence-corrected chi connectivity index (χ1v) is 7.77. The molecule has 0 fully saturated rings. The smallest absolute Gasteiger partial charge is 0.229 e. The van der Waals surface area contributed by atoms with Gasteiger partial charge in [0.25, 0.3) is 0 Å². The maximum absolute atomic E-state index is 12.9. The van der Waals surface area contributed by atoms with Crippen molar-refractivity contribution in [1.82, 2.24) is 4.98 Å². The van der Waals surface area contributed by atoms with Crippen molar-refractivity contribution in [3.05, 3.63) is 47.6 Å². The van der Waals surface area contributed by atoms with Crippen molar-refractivity contribution < 1.29 is 9.18 Å². The second-order valence-electron chi connectivity index (χ2n) is 5.02. The number of nitrogens with one attached hydrogen (secondary N) is 1. The topological polar surface area (TPSA) is 42.0 Å². The molecular weight excluding hydrogens is 287 g/mol. The summed E-state index contributed by atoms with van der Waals surface area (Å²) in [5.41, 5.74) is 1.59. The van der Waals surface area contributed by atoms with Crippen LogP contribution in [0.4, 0.5) is 9.52 Å². The maximum atomic E-state index is 12.9. The molecule has 0 aliphatic heterocycles. The Balaban J connectivity index is 1.68. The minimum Gasteiger partial charge on any atom is -0.302 e. The molecule has 1 aliphatic carbocycles. The molecule has 1 aromatic heterocycles. The zero-order valence-corrected chi connectivity index (χ0v) is 12.2. The molecule has 0 saturated heterocycles. The van der Waals surface area contributed by atoms with Crippen LogP contribution in [0, 0.1) is 11.7 Å². The Morgan fingerprint density at radius 1 is 1.29 bits per heavy atom. The van der Waals surface area contributed by atoms with Gasteiger partial charge < -0.3 is 5.32 Å². The summed E-state index contributed by atoms with van der Waals surface area (Å²) in [6.07, 6.45) is 6.80. The summed E-state index contributed by atoms with van der Waals surface area (Å²) in [5, 5.41) is 5.33. The van der Waals surface area contributed by atoms with Gasteiger partial charge in [0.2, 0.25) is 5.91 Å². The third-order valence-electron chi connectivity index (χ3n) is 3.51. The van der Waals surface area contributed by atoms with E-state index in [-0.39, 0.29) is 17.6 Å². The van der Waals surface area contributed by atoms with Crippen LogP contribution in [0.1, 0.15) is 19.3 Å². The number of thiazole rings is 1. The minimum absolute atomic E-state index is 0.0272. The average molecular weight is 302 g/mol. The number of amides is 1. The van der Waals surface area contributed by atoms with Gasteiger partial charge in [-0.15, -0.1) is 11.3 Å². The van der Waals surface area contributed by atoms with Crippen LogP contribution in [0.2, 0.25) is 0 Å². The van der Waals surface area contributed by atoms with E-state index in [4.69, 9.17) is 0 Å². The fourth-order valence-corrected chi connectivity index (χ4v) is 3.05. The quantitative estimate of drug-likeness (QED) is 0.861. The SMILES string of the molecule is O=C(Nc1nc(-c2ccc(F)cc2)cs1)C1CC=CCC1. The summed E-state index contributed by atoms with van der Waals surface area (Å²) in [6.45, 7) is 0. The maximum Gasteiger partial charge on any atom is 0.229 e. The Bertz CT molecular complexity index is 663. The molecule has 0 radical (unpaired) electrons. The van der Waals surface area contributed by atoms with Crippen molar-refractivity contribution in [2.45, 2.75) is 19.3 Å². The van der Waals surface area contributed by atoms with Gasteiger partial charge in [-0.2, -0.15) is 0 Å². The number of hydrogen-bond donors (Lipinski definition) is 1. The van der Waals surface area contributed by atoms with Gasteiger partial charge in [-0.05, 0) is 43.5 Å². The van der Waals surface area contributed by atoms with Crippen molar-refractivity contribution in [2.75, 3.05) is 5.32 Å². The van der Waals surface area contributed by atoms with Crippen molar-refractivity contribution in [3.63, 3.8) is 0 Å². The highest BCUT2D eigenvalue weighted by atomic mass is 32.1. The number of aromatic nitrogens is 1. The lowest BCUT2D eigenvalue weighted by molar-refractivity contribution is -0.120. The molecule has 108 valence electrons. The number of nitrogens with zero attached hydrogens (tertiary/aromatic N) is 1. The molecule has 1 amide bonds. The number of carbonyl (C=O) groups excluding carboxylic acids is 1. The number of hydrogen-bond acceptors (Lipinski definition) is 3. The first kappa shape index (κ1) is 13.9. The van der Waals surface area contributed by atoms with Gasteiger partial charge in [0.1, 0.15) is 5.82 Å². The van der Waals surface area contributed by atoms with E-state index in [0.717, 1.165) is 30.5 Å². The zero-order chi connectivity index (χ0) is 14.7. The van der Waals surface area contributed by atoms with Gasteiger partial charge in [-0.25, -0.2) is 9.37 Å². The number of halogens is 1. The standard InChI is InChI=1S/C16H15FN2OS/c17-13-8-6-11(7-9-13)14-10-21-16(18-14)19-15(20)12-4-2-1-3-5-12/h1-2,6-10,12H,3-5H2,(H,18,19,20). The van der Waals surface area contributed by atoms with E-state index in [9.17, 15) is 9.18 Å². The van der Waals surface area contributed by atoms with Crippen LogP contribution >= 0.6 is 11.3 Å². The molecule has 1 aromatic carbocycles. The van der Waals surface area contributed by atoms with Crippen LogP contribution in [0.3, 0.4) is 0 Å². The lowest BCUT2D eigenvalue weighted by atomic mass is 9.94.